The van der Waals surface area contributed by atoms with E-state index in [1.807, 2.05) is 0 Å². The molecule has 0 aromatic carbocycles. The molecule has 1 rings (SSSR count). The van der Waals surface area contributed by atoms with Crippen LogP contribution in [0.4, 0.5) is 0 Å². The van der Waals surface area contributed by atoms with E-state index in [1.54, 1.807) is 0 Å². The Morgan fingerprint density at radius 2 is 0.600 bits per heavy atom. The van der Waals surface area contributed by atoms with Crippen LogP contribution < -0.4 is 11.5 Å². The highest BCUT2D eigenvalue weighted by Crippen LogP contribution is 2.39. The van der Waals surface area contributed by atoms with Gasteiger partial charge in [0.15, 0.2) is 0 Å². The fourth-order valence-corrected chi connectivity index (χ4v) is 3.38. The van der Waals surface area contributed by atoms with Gasteiger partial charge in [-0.1, -0.05) is 0 Å². The van der Waals surface area contributed by atoms with Crippen molar-refractivity contribution in [3.8, 4) is 0 Å². The minimum absolute atomic E-state index is 0.250. The number of halogens is 6. The summed E-state index contributed by atoms with van der Waals surface area (Å²) in [7, 11) is 0. The maximum absolute atomic E-state index is 5.88. The topological polar surface area (TPSA) is 52.0 Å². The van der Waals surface area contributed by atoms with E-state index in [4.69, 9.17) is 69.6 Å². The third kappa shape index (κ3) is 4.44. The normalized spacial score (nSPS) is 45.6. The van der Waals surface area contributed by atoms with Crippen LogP contribution in [0.2, 0.25) is 0 Å². The SMILES string of the molecule is ClC1C(Cl)C(Cl)C(Cl)C(Cl)C1Cl.NCN. The molecule has 0 unspecified atom stereocenters. The Labute approximate surface area is 119 Å². The Morgan fingerprint density at radius 1 is 0.533 bits per heavy atom. The summed E-state index contributed by atoms with van der Waals surface area (Å²) < 4.78 is 0. The van der Waals surface area contributed by atoms with E-state index in [0.717, 1.165) is 0 Å². The molecule has 0 bridgehead atoms. The summed E-state index contributed by atoms with van der Waals surface area (Å²) in [5.74, 6) is 0. The van der Waals surface area contributed by atoms with Crippen molar-refractivity contribution in [1.82, 2.24) is 0 Å². The van der Waals surface area contributed by atoms with Gasteiger partial charge in [0.2, 0.25) is 0 Å². The van der Waals surface area contributed by atoms with E-state index in [2.05, 4.69) is 11.5 Å². The number of hydrogen-bond donors (Lipinski definition) is 2. The summed E-state index contributed by atoms with van der Waals surface area (Å²) in [6.45, 7) is 0.250. The van der Waals surface area contributed by atoms with Crippen LogP contribution in [0.5, 0.6) is 0 Å². The first kappa shape index (κ1) is 16.7. The molecule has 0 radical (unpaired) electrons. The van der Waals surface area contributed by atoms with Crippen molar-refractivity contribution in [3.63, 3.8) is 0 Å². The lowest BCUT2D eigenvalue weighted by molar-refractivity contribution is 0.544. The smallest absolute Gasteiger partial charge is 0.0693 e. The number of alkyl halides is 6. The van der Waals surface area contributed by atoms with Gasteiger partial charge in [0.25, 0.3) is 0 Å². The standard InChI is InChI=1S/C6H6Cl6.CH6N2/c7-1-2(8)4(10)6(12)5(11)3(1)9;2-1-3/h1-6H;1-3H2. The predicted molar refractivity (Wildman–Crippen MR) is 71.1 cm³/mol. The van der Waals surface area contributed by atoms with Gasteiger partial charge in [0, 0.05) is 6.67 Å². The first-order valence-electron chi connectivity index (χ1n) is 4.13. The largest absolute Gasteiger partial charge is 0.319 e. The van der Waals surface area contributed by atoms with Crippen molar-refractivity contribution < 1.29 is 0 Å². The van der Waals surface area contributed by atoms with E-state index >= 15 is 0 Å². The third-order valence-electron chi connectivity index (χ3n) is 1.83. The van der Waals surface area contributed by atoms with Gasteiger partial charge >= 0.3 is 0 Å². The second-order valence-corrected chi connectivity index (χ2v) is 5.93. The van der Waals surface area contributed by atoms with Gasteiger partial charge in [-0.2, -0.15) is 0 Å². The molecule has 0 saturated heterocycles. The Bertz CT molecular complexity index is 124. The van der Waals surface area contributed by atoms with Crippen LogP contribution in [0.15, 0.2) is 0 Å². The Balaban J connectivity index is 0.000000583. The molecule has 15 heavy (non-hydrogen) atoms. The maximum atomic E-state index is 5.88. The average molecular weight is 337 g/mol. The Hall–Kier alpha value is 1.66. The van der Waals surface area contributed by atoms with Crippen molar-refractivity contribution in [2.24, 2.45) is 11.5 Å². The Kier molecular flexibility index (Phi) is 8.76. The first-order valence-corrected chi connectivity index (χ1v) is 6.74. The highest BCUT2D eigenvalue weighted by molar-refractivity contribution is 6.45. The van der Waals surface area contributed by atoms with E-state index in [-0.39, 0.29) is 6.67 Å². The molecule has 1 aliphatic rings. The predicted octanol–water partition coefficient (Wildman–Crippen LogP) is 2.51. The van der Waals surface area contributed by atoms with Crippen LogP contribution >= 0.6 is 69.6 Å². The van der Waals surface area contributed by atoms with Crippen molar-refractivity contribution in [1.29, 1.82) is 0 Å². The zero-order valence-corrected chi connectivity index (χ0v) is 12.1. The minimum Gasteiger partial charge on any atom is -0.319 e. The van der Waals surface area contributed by atoms with Gasteiger partial charge in [-0.15, -0.1) is 69.6 Å². The monoisotopic (exact) mass is 334 g/mol. The van der Waals surface area contributed by atoms with Crippen LogP contribution in [-0.4, -0.2) is 38.9 Å². The van der Waals surface area contributed by atoms with Gasteiger partial charge in [-0.05, 0) is 0 Å². The molecule has 0 aliphatic heterocycles. The summed E-state index contributed by atoms with van der Waals surface area (Å²) in [5.41, 5.74) is 9.25. The quantitative estimate of drug-likeness (QED) is 0.527. The second-order valence-electron chi connectivity index (χ2n) is 2.90. The van der Waals surface area contributed by atoms with E-state index in [9.17, 15) is 0 Å². The summed E-state index contributed by atoms with van der Waals surface area (Å²) in [6.07, 6.45) is 0. The van der Waals surface area contributed by atoms with E-state index in [0.29, 0.717) is 0 Å². The summed E-state index contributed by atoms with van der Waals surface area (Å²) in [4.78, 5) is 0. The molecule has 8 heteroatoms. The van der Waals surface area contributed by atoms with Crippen LogP contribution in [0.1, 0.15) is 0 Å². The fraction of sp³-hybridized carbons (Fsp3) is 1.00. The molecule has 92 valence electrons. The van der Waals surface area contributed by atoms with Gasteiger partial charge in [0.1, 0.15) is 0 Å². The highest BCUT2D eigenvalue weighted by atomic mass is 35.5. The second kappa shape index (κ2) is 7.88. The fourth-order valence-electron chi connectivity index (χ4n) is 1.05. The van der Waals surface area contributed by atoms with E-state index < -0.39 is 32.3 Å². The first-order chi connectivity index (χ1) is 6.88. The lowest BCUT2D eigenvalue weighted by Gasteiger charge is -2.37. The lowest BCUT2D eigenvalue weighted by atomic mass is 9.97. The molecular weight excluding hydrogens is 325 g/mol. The molecule has 2 nitrogen and oxygen atoms in total. The number of hydrogen-bond acceptors (Lipinski definition) is 2. The molecule has 1 saturated carbocycles. The molecule has 0 aromatic rings. The molecular formula is C7H12Cl6N2. The van der Waals surface area contributed by atoms with E-state index in [1.165, 1.54) is 0 Å². The zero-order chi connectivity index (χ0) is 12.2. The minimum atomic E-state index is -0.437. The van der Waals surface area contributed by atoms with Gasteiger partial charge in [-0.3, -0.25) is 0 Å². The van der Waals surface area contributed by atoms with Crippen molar-refractivity contribution in [2.45, 2.75) is 32.3 Å². The zero-order valence-electron chi connectivity index (χ0n) is 7.59. The van der Waals surface area contributed by atoms with Crippen molar-refractivity contribution in [2.75, 3.05) is 6.67 Å². The average Bonchev–Trinajstić information content (AvgIpc) is 2.22. The Morgan fingerprint density at radius 3 is 0.667 bits per heavy atom. The molecule has 0 heterocycles. The molecule has 1 fully saturated rings. The number of nitrogens with two attached hydrogens (primary N) is 2. The highest BCUT2D eigenvalue weighted by Gasteiger charge is 2.46. The molecule has 1 aliphatic carbocycles. The van der Waals surface area contributed by atoms with Crippen molar-refractivity contribution in [3.05, 3.63) is 0 Å². The summed E-state index contributed by atoms with van der Waals surface area (Å²) in [6, 6.07) is 0. The lowest BCUT2D eigenvalue weighted by Crippen LogP contribution is -2.52. The van der Waals surface area contributed by atoms with Crippen molar-refractivity contribution >= 4 is 69.6 Å². The third-order valence-corrected chi connectivity index (χ3v) is 5.86. The van der Waals surface area contributed by atoms with Crippen LogP contribution in [0.25, 0.3) is 0 Å². The molecule has 0 aromatic heterocycles. The molecule has 0 amide bonds. The van der Waals surface area contributed by atoms with Crippen LogP contribution in [-0.2, 0) is 0 Å². The van der Waals surface area contributed by atoms with Gasteiger partial charge in [0.05, 0.1) is 32.3 Å². The van der Waals surface area contributed by atoms with Crippen LogP contribution in [0.3, 0.4) is 0 Å². The maximum Gasteiger partial charge on any atom is 0.0693 e. The summed E-state index contributed by atoms with van der Waals surface area (Å²) in [5, 5.41) is -2.62. The molecule has 0 atom stereocenters. The number of rotatable bonds is 0. The molecule has 4 N–H and O–H groups in total. The van der Waals surface area contributed by atoms with Gasteiger partial charge < -0.3 is 11.5 Å². The van der Waals surface area contributed by atoms with Gasteiger partial charge in [-0.25, -0.2) is 0 Å². The summed E-state index contributed by atoms with van der Waals surface area (Å²) >= 11 is 35.3. The van der Waals surface area contributed by atoms with Crippen LogP contribution in [0, 0.1) is 0 Å². The molecule has 0 spiro atoms.